The number of allylic oxidation sites excluding steroid dienone is 2. The lowest BCUT2D eigenvalue weighted by Gasteiger charge is -2.50. The van der Waals surface area contributed by atoms with Gasteiger partial charge in [-0.25, -0.2) is 0 Å². The molecule has 0 amide bonds. The fourth-order valence-electron chi connectivity index (χ4n) is 9.46. The topological polar surface area (TPSA) is 76.1 Å². The molecular formula is C30H43NO5. The van der Waals surface area contributed by atoms with Gasteiger partial charge in [0.25, 0.3) is 0 Å². The van der Waals surface area contributed by atoms with Crippen LogP contribution in [0.1, 0.15) is 78.1 Å². The minimum absolute atomic E-state index is 0.0720. The summed E-state index contributed by atoms with van der Waals surface area (Å²) in [6.45, 7) is 13.8. The summed E-state index contributed by atoms with van der Waals surface area (Å²) in [6, 6.07) is 0. The highest BCUT2D eigenvalue weighted by Crippen LogP contribution is 2.58. The average molecular weight is 498 g/mol. The van der Waals surface area contributed by atoms with Crippen LogP contribution in [0.5, 0.6) is 0 Å². The number of carbonyl (C=O) groups is 2. The van der Waals surface area contributed by atoms with E-state index in [1.807, 2.05) is 0 Å². The molecule has 0 unspecified atom stereocenters. The number of carbonyl (C=O) groups excluding carboxylic acids is 2. The Morgan fingerprint density at radius 2 is 1.25 bits per heavy atom. The maximum Gasteiger partial charge on any atom is 0.311 e. The predicted octanol–water partition coefficient (Wildman–Crippen LogP) is 5.31. The molecule has 0 aromatic heterocycles. The van der Waals surface area contributed by atoms with Crippen molar-refractivity contribution >= 4 is 11.9 Å². The van der Waals surface area contributed by atoms with Crippen LogP contribution in [0.15, 0.2) is 24.3 Å². The highest BCUT2D eigenvalue weighted by atomic mass is 16.6. The second-order valence-corrected chi connectivity index (χ2v) is 13.7. The van der Waals surface area contributed by atoms with Gasteiger partial charge in [-0.2, -0.15) is 5.06 Å². The lowest BCUT2D eigenvalue weighted by Crippen LogP contribution is -2.47. The number of rotatable bonds is 4. The molecule has 4 aliphatic carbocycles. The highest BCUT2D eigenvalue weighted by molar-refractivity contribution is 5.76. The van der Waals surface area contributed by atoms with E-state index in [1.165, 1.54) is 16.2 Å². The van der Waals surface area contributed by atoms with Crippen LogP contribution in [0.2, 0.25) is 0 Å². The van der Waals surface area contributed by atoms with Gasteiger partial charge < -0.3 is 14.7 Å². The highest BCUT2D eigenvalue weighted by Gasteiger charge is 2.57. The van der Waals surface area contributed by atoms with E-state index in [2.05, 4.69) is 27.0 Å². The number of hydrogen-bond donors (Lipinski definition) is 1. The van der Waals surface area contributed by atoms with Gasteiger partial charge in [-0.15, -0.1) is 0 Å². The summed E-state index contributed by atoms with van der Waals surface area (Å²) in [4.78, 5) is 25.9. The minimum Gasteiger partial charge on any atom is -0.462 e. The molecule has 36 heavy (non-hydrogen) atoms. The van der Waals surface area contributed by atoms with Crippen molar-refractivity contribution in [3.05, 3.63) is 24.3 Å². The van der Waals surface area contributed by atoms with Crippen LogP contribution >= 0.6 is 0 Å². The van der Waals surface area contributed by atoms with Crippen LogP contribution in [0.25, 0.3) is 0 Å². The maximum atomic E-state index is 12.9. The Labute approximate surface area is 215 Å². The monoisotopic (exact) mass is 497 g/mol. The first-order valence-electron chi connectivity index (χ1n) is 14.3. The number of ether oxygens (including phenoxy) is 2. The Morgan fingerprint density at radius 1 is 0.833 bits per heavy atom. The van der Waals surface area contributed by atoms with Gasteiger partial charge in [0.2, 0.25) is 0 Å². The van der Waals surface area contributed by atoms with Gasteiger partial charge in [0.15, 0.2) is 0 Å². The van der Waals surface area contributed by atoms with Crippen molar-refractivity contribution in [3.8, 4) is 0 Å². The quantitative estimate of drug-likeness (QED) is 0.322. The molecule has 6 rings (SSSR count). The number of esters is 2. The summed E-state index contributed by atoms with van der Waals surface area (Å²) in [5.74, 6) is -0.0784. The predicted molar refractivity (Wildman–Crippen MR) is 135 cm³/mol. The molecule has 2 aliphatic heterocycles. The molecule has 0 bridgehead atoms. The first kappa shape index (κ1) is 24.7. The number of nitrogens with zero attached hydrogens (tertiary/aromatic N) is 1. The maximum absolute atomic E-state index is 12.9. The van der Waals surface area contributed by atoms with Crippen molar-refractivity contribution in [2.75, 3.05) is 13.1 Å². The molecule has 1 N–H and O–H groups in total. The summed E-state index contributed by atoms with van der Waals surface area (Å²) in [7, 11) is 0. The van der Waals surface area contributed by atoms with E-state index in [-0.39, 0.29) is 71.7 Å². The molecule has 6 aliphatic rings. The third kappa shape index (κ3) is 3.89. The molecule has 2 saturated heterocycles. The van der Waals surface area contributed by atoms with Gasteiger partial charge in [-0.05, 0) is 86.9 Å². The Morgan fingerprint density at radius 3 is 1.67 bits per heavy atom. The van der Waals surface area contributed by atoms with Gasteiger partial charge in [-0.3, -0.25) is 9.59 Å². The Bertz CT molecular complexity index is 900. The zero-order valence-electron chi connectivity index (χ0n) is 22.0. The van der Waals surface area contributed by atoms with E-state index in [0.29, 0.717) is 11.8 Å². The number of hydroxylamine groups is 2. The summed E-state index contributed by atoms with van der Waals surface area (Å²) in [6.07, 6.45) is 10.2. The van der Waals surface area contributed by atoms with Crippen molar-refractivity contribution in [1.29, 1.82) is 0 Å². The summed E-state index contributed by atoms with van der Waals surface area (Å²) < 4.78 is 11.8. The molecule has 6 nitrogen and oxygen atoms in total. The third-order valence-electron chi connectivity index (χ3n) is 11.5. The second kappa shape index (κ2) is 8.69. The van der Waals surface area contributed by atoms with Gasteiger partial charge in [0.05, 0.1) is 11.8 Å². The molecule has 10 atom stereocenters. The van der Waals surface area contributed by atoms with Gasteiger partial charge in [0, 0.05) is 24.9 Å². The largest absolute Gasteiger partial charge is 0.462 e. The van der Waals surface area contributed by atoms with Crippen molar-refractivity contribution < 1.29 is 24.3 Å². The van der Waals surface area contributed by atoms with Crippen LogP contribution in [0, 0.1) is 46.3 Å². The van der Waals surface area contributed by atoms with E-state index in [0.717, 1.165) is 64.2 Å². The van der Waals surface area contributed by atoms with Crippen LogP contribution in [0.3, 0.4) is 0 Å². The molecule has 0 spiro atoms. The molecule has 0 aromatic carbocycles. The fraction of sp³-hybridized carbons (Fsp3) is 0.800. The second-order valence-electron chi connectivity index (χ2n) is 13.7. The molecule has 6 fully saturated rings. The first-order chi connectivity index (χ1) is 17.1. The van der Waals surface area contributed by atoms with E-state index >= 15 is 0 Å². The van der Waals surface area contributed by atoms with Crippen molar-refractivity contribution in [1.82, 2.24) is 5.06 Å². The van der Waals surface area contributed by atoms with Crippen LogP contribution < -0.4 is 0 Å². The SMILES string of the molecule is C=C1CCC[C@@]2(C)C[C@H]3OC(=O)[C@@H](CN(O)C[C@@H]4C(=O)O[C@H]5C[C@@]6(C)CCCC(=C)[C@@H]6C[C@@H]54)[C@H]3C[C@H]12. The van der Waals surface area contributed by atoms with E-state index in [1.54, 1.807) is 0 Å². The van der Waals surface area contributed by atoms with E-state index in [9.17, 15) is 14.8 Å². The molecule has 2 heterocycles. The molecule has 0 radical (unpaired) electrons. The zero-order valence-corrected chi connectivity index (χ0v) is 22.0. The Hall–Kier alpha value is -1.66. The van der Waals surface area contributed by atoms with E-state index in [4.69, 9.17) is 9.47 Å². The summed E-state index contributed by atoms with van der Waals surface area (Å²) in [5, 5.41) is 12.3. The van der Waals surface area contributed by atoms with Gasteiger partial charge in [-0.1, -0.05) is 38.2 Å². The molecule has 6 heteroatoms. The van der Waals surface area contributed by atoms with E-state index < -0.39 is 0 Å². The van der Waals surface area contributed by atoms with Crippen molar-refractivity contribution in [3.63, 3.8) is 0 Å². The van der Waals surface area contributed by atoms with Crippen molar-refractivity contribution in [2.45, 2.75) is 90.3 Å². The Kier molecular flexibility index (Phi) is 5.95. The van der Waals surface area contributed by atoms with Gasteiger partial charge >= 0.3 is 11.9 Å². The normalized spacial score (nSPS) is 48.1. The molecule has 4 saturated carbocycles. The first-order valence-corrected chi connectivity index (χ1v) is 14.3. The smallest absolute Gasteiger partial charge is 0.311 e. The lowest BCUT2D eigenvalue weighted by atomic mass is 9.55. The van der Waals surface area contributed by atoms with Crippen LogP contribution in [-0.4, -0.2) is 47.5 Å². The fourth-order valence-corrected chi connectivity index (χ4v) is 9.46. The number of fused-ring (bicyclic) bond motifs is 4. The van der Waals surface area contributed by atoms with Gasteiger partial charge in [0.1, 0.15) is 12.2 Å². The standard InChI is InChI=1S/C30H43NO5/c1-17-7-5-9-29(3)13-25-19(11-23(17)29)21(27(32)35-25)15-31(34)16-22-20-12-24-18(2)8-6-10-30(24,4)14-26(20)36-28(22)33/h19-26,34H,1-2,5-16H2,3-4H3/t19-,20-,21+,22+,23-,24+,25-,26+,29+,30-/m1/s1. The zero-order chi connectivity index (χ0) is 25.4. The lowest BCUT2D eigenvalue weighted by molar-refractivity contribution is -0.155. The molecular weight excluding hydrogens is 454 g/mol. The third-order valence-corrected chi connectivity index (χ3v) is 11.5. The van der Waals surface area contributed by atoms with Crippen LogP contribution in [0.4, 0.5) is 0 Å². The molecule has 0 aromatic rings. The average Bonchev–Trinajstić information content (AvgIpc) is 3.25. The van der Waals surface area contributed by atoms with Crippen molar-refractivity contribution in [2.24, 2.45) is 46.3 Å². The van der Waals surface area contributed by atoms with Crippen LogP contribution in [-0.2, 0) is 19.1 Å². The summed E-state index contributed by atoms with van der Waals surface area (Å²) >= 11 is 0. The minimum atomic E-state index is -0.361. The molecule has 198 valence electrons. The number of hydrogen-bond acceptors (Lipinski definition) is 6. The Balaban J connectivity index is 1.13. The summed E-state index contributed by atoms with van der Waals surface area (Å²) in [5.41, 5.74) is 2.95.